The molecule has 0 saturated heterocycles. The molecule has 2 heterocycles. The summed E-state index contributed by atoms with van der Waals surface area (Å²) in [4.78, 5) is 43.6. The zero-order valence-electron chi connectivity index (χ0n) is 17.8. The Morgan fingerprint density at radius 1 is 0.968 bits per heavy atom. The molecular formula is C20H26N6O5. The first-order valence-electron chi connectivity index (χ1n) is 9.43. The highest BCUT2D eigenvalue weighted by Crippen LogP contribution is 2.23. The lowest BCUT2D eigenvalue weighted by Gasteiger charge is -2.16. The number of imide groups is 1. The first-order chi connectivity index (χ1) is 14.7. The number of carbonyl (C=O) groups is 3. The molecule has 2 aromatic rings. The molecule has 5 amide bonds. The number of ether oxygens (including phenoxy) is 2. The number of rotatable bonds is 7. The summed E-state index contributed by atoms with van der Waals surface area (Å²) in [5.41, 5.74) is -0.689. The summed E-state index contributed by atoms with van der Waals surface area (Å²) in [6.07, 6.45) is 2.90. The fourth-order valence-corrected chi connectivity index (χ4v) is 2.06. The van der Waals surface area contributed by atoms with Crippen molar-refractivity contribution in [3.8, 4) is 11.5 Å². The Morgan fingerprint density at radius 2 is 1.71 bits per heavy atom. The first-order valence-corrected chi connectivity index (χ1v) is 9.43. The van der Waals surface area contributed by atoms with Crippen LogP contribution in [0.3, 0.4) is 0 Å². The summed E-state index contributed by atoms with van der Waals surface area (Å²) >= 11 is 0. The van der Waals surface area contributed by atoms with Crippen LogP contribution in [0.1, 0.15) is 20.8 Å². The third kappa shape index (κ3) is 8.26. The van der Waals surface area contributed by atoms with Crippen LogP contribution in [-0.2, 0) is 9.53 Å². The fraction of sp³-hybridized carbons (Fsp3) is 0.350. The van der Waals surface area contributed by atoms with Crippen LogP contribution in [0.15, 0.2) is 36.7 Å². The third-order valence-corrected chi connectivity index (χ3v) is 3.69. The molecule has 0 spiro atoms. The molecule has 0 unspecified atom stereocenters. The number of aromatic nitrogens is 2. The largest absolute Gasteiger partial charge is 0.456 e. The summed E-state index contributed by atoms with van der Waals surface area (Å²) in [5.74, 6) is 0.978. The number of urea groups is 2. The normalized spacial score (nSPS) is 10.7. The minimum atomic E-state index is -0.689. The molecule has 0 aliphatic rings. The lowest BCUT2D eigenvalue weighted by molar-refractivity contribution is -0.127. The number of pyridine rings is 2. The highest BCUT2D eigenvalue weighted by atomic mass is 16.5. The molecule has 4 N–H and O–H groups in total. The maximum atomic E-state index is 11.9. The molecular weight excluding hydrogens is 404 g/mol. The van der Waals surface area contributed by atoms with Gasteiger partial charge in [0.25, 0.3) is 0 Å². The van der Waals surface area contributed by atoms with Gasteiger partial charge in [0.1, 0.15) is 23.1 Å². The lowest BCUT2D eigenvalue weighted by atomic mass is 9.96. The van der Waals surface area contributed by atoms with Gasteiger partial charge in [-0.15, -0.1) is 0 Å². The van der Waals surface area contributed by atoms with Crippen LogP contribution in [0, 0.1) is 5.41 Å². The monoisotopic (exact) mass is 430 g/mol. The van der Waals surface area contributed by atoms with Gasteiger partial charge in [0.2, 0.25) is 5.91 Å². The van der Waals surface area contributed by atoms with Crippen LogP contribution >= 0.6 is 0 Å². The van der Waals surface area contributed by atoms with Gasteiger partial charge in [0.15, 0.2) is 0 Å². The number of anilines is 2. The van der Waals surface area contributed by atoms with Crippen molar-refractivity contribution >= 4 is 29.6 Å². The van der Waals surface area contributed by atoms with Crippen molar-refractivity contribution < 1.29 is 23.9 Å². The molecule has 0 aliphatic heterocycles. The highest BCUT2D eigenvalue weighted by Gasteiger charge is 2.23. The second-order valence-electron chi connectivity index (χ2n) is 7.39. The number of nitrogens with one attached hydrogen (secondary N) is 4. The molecule has 31 heavy (non-hydrogen) atoms. The van der Waals surface area contributed by atoms with Gasteiger partial charge >= 0.3 is 12.1 Å². The van der Waals surface area contributed by atoms with Crippen molar-refractivity contribution in [3.63, 3.8) is 0 Å². The van der Waals surface area contributed by atoms with E-state index in [-0.39, 0.29) is 5.82 Å². The standard InChI is InChI=1S/C20H26N6O5/c1-20(2,3)17(27)26-19(29)24-15-6-5-14(12-23-15)31-13-7-8-21-16(11-13)25-18(28)22-9-10-30-4/h5-8,11-12H,9-10H2,1-4H3,(H2,21,22,25,28)(H2,23,24,26,27,29). The maximum Gasteiger partial charge on any atom is 0.327 e. The molecule has 0 saturated carbocycles. The molecule has 0 radical (unpaired) electrons. The van der Waals surface area contributed by atoms with Crippen molar-refractivity contribution in [2.24, 2.45) is 5.41 Å². The zero-order chi connectivity index (χ0) is 22.9. The van der Waals surface area contributed by atoms with Crippen LogP contribution in [0.2, 0.25) is 0 Å². The zero-order valence-corrected chi connectivity index (χ0v) is 17.8. The molecule has 11 nitrogen and oxygen atoms in total. The van der Waals surface area contributed by atoms with E-state index >= 15 is 0 Å². The Kier molecular flexibility index (Phi) is 8.26. The molecule has 11 heteroatoms. The first kappa shape index (κ1) is 23.5. The maximum absolute atomic E-state index is 11.9. The summed E-state index contributed by atoms with van der Waals surface area (Å²) in [6.45, 7) is 5.87. The van der Waals surface area contributed by atoms with E-state index in [1.165, 1.54) is 18.5 Å². The van der Waals surface area contributed by atoms with E-state index in [4.69, 9.17) is 9.47 Å². The third-order valence-electron chi connectivity index (χ3n) is 3.69. The lowest BCUT2D eigenvalue weighted by Crippen LogP contribution is -2.41. The Bertz CT molecular complexity index is 911. The second-order valence-corrected chi connectivity index (χ2v) is 7.39. The van der Waals surface area contributed by atoms with E-state index in [1.54, 1.807) is 46.1 Å². The summed E-state index contributed by atoms with van der Waals surface area (Å²) < 4.78 is 10.6. The van der Waals surface area contributed by atoms with Crippen molar-refractivity contribution in [2.45, 2.75) is 20.8 Å². The van der Waals surface area contributed by atoms with Gasteiger partial charge in [0, 0.05) is 31.3 Å². The van der Waals surface area contributed by atoms with E-state index in [0.29, 0.717) is 30.5 Å². The van der Waals surface area contributed by atoms with Crippen LogP contribution in [0.5, 0.6) is 11.5 Å². The quantitative estimate of drug-likeness (QED) is 0.494. The summed E-state index contributed by atoms with van der Waals surface area (Å²) in [5, 5.41) is 9.93. The smallest absolute Gasteiger partial charge is 0.327 e. The van der Waals surface area contributed by atoms with E-state index < -0.39 is 23.4 Å². The molecule has 2 aromatic heterocycles. The van der Waals surface area contributed by atoms with E-state index in [2.05, 4.69) is 31.2 Å². The average Bonchev–Trinajstić information content (AvgIpc) is 2.69. The van der Waals surface area contributed by atoms with E-state index in [9.17, 15) is 14.4 Å². The second kappa shape index (κ2) is 10.9. The SMILES string of the molecule is COCCNC(=O)Nc1cc(Oc2ccc(NC(=O)NC(=O)C(C)(C)C)nc2)ccn1. The van der Waals surface area contributed by atoms with Gasteiger partial charge < -0.3 is 14.8 Å². The molecule has 0 fully saturated rings. The Hall–Kier alpha value is -3.73. The summed E-state index contributed by atoms with van der Waals surface area (Å²) in [6, 6.07) is 5.20. The summed E-state index contributed by atoms with van der Waals surface area (Å²) in [7, 11) is 1.54. The number of hydrogen-bond acceptors (Lipinski definition) is 7. The van der Waals surface area contributed by atoms with Gasteiger partial charge in [-0.05, 0) is 18.2 Å². The van der Waals surface area contributed by atoms with Crippen molar-refractivity contribution in [2.75, 3.05) is 30.9 Å². The highest BCUT2D eigenvalue weighted by molar-refractivity contribution is 6.02. The average molecular weight is 430 g/mol. The van der Waals surface area contributed by atoms with E-state index in [1.807, 2.05) is 0 Å². The van der Waals surface area contributed by atoms with Crippen molar-refractivity contribution in [3.05, 3.63) is 36.7 Å². The van der Waals surface area contributed by atoms with Gasteiger partial charge in [-0.3, -0.25) is 20.7 Å². The number of hydrogen-bond donors (Lipinski definition) is 4. The predicted molar refractivity (Wildman–Crippen MR) is 114 cm³/mol. The topological polar surface area (TPSA) is 144 Å². The minimum Gasteiger partial charge on any atom is -0.456 e. The molecule has 0 atom stereocenters. The Balaban J connectivity index is 1.90. The molecule has 0 aromatic carbocycles. The number of amides is 5. The molecule has 0 bridgehead atoms. The van der Waals surface area contributed by atoms with Crippen LogP contribution in [-0.4, -0.2) is 48.2 Å². The van der Waals surface area contributed by atoms with Crippen molar-refractivity contribution in [1.82, 2.24) is 20.6 Å². The van der Waals surface area contributed by atoms with Crippen LogP contribution < -0.4 is 26.0 Å². The van der Waals surface area contributed by atoms with Gasteiger partial charge in [-0.25, -0.2) is 19.6 Å². The fourth-order valence-electron chi connectivity index (χ4n) is 2.06. The van der Waals surface area contributed by atoms with Gasteiger partial charge in [0.05, 0.1) is 12.8 Å². The Morgan fingerprint density at radius 3 is 2.35 bits per heavy atom. The van der Waals surface area contributed by atoms with Crippen molar-refractivity contribution in [1.29, 1.82) is 0 Å². The number of methoxy groups -OCH3 is 1. The van der Waals surface area contributed by atoms with Gasteiger partial charge in [-0.1, -0.05) is 20.8 Å². The molecule has 0 aliphatic carbocycles. The van der Waals surface area contributed by atoms with Crippen LogP contribution in [0.4, 0.5) is 21.2 Å². The van der Waals surface area contributed by atoms with E-state index in [0.717, 1.165) is 0 Å². The number of nitrogens with zero attached hydrogens (tertiary/aromatic N) is 2. The molecule has 166 valence electrons. The minimum absolute atomic E-state index is 0.247. The predicted octanol–water partition coefficient (Wildman–Crippen LogP) is 2.73. The number of carbonyl (C=O) groups excluding carboxylic acids is 3. The molecule has 2 rings (SSSR count). The van der Waals surface area contributed by atoms with Gasteiger partial charge in [-0.2, -0.15) is 0 Å². The van der Waals surface area contributed by atoms with Crippen LogP contribution in [0.25, 0.3) is 0 Å². The Labute approximate surface area is 179 Å².